The van der Waals surface area contributed by atoms with Gasteiger partial charge in [-0.3, -0.25) is 0 Å². The van der Waals surface area contributed by atoms with E-state index in [9.17, 15) is 0 Å². The van der Waals surface area contributed by atoms with E-state index in [1.54, 1.807) is 13.2 Å². The molecule has 106 valence electrons. The second-order valence-corrected chi connectivity index (χ2v) is 5.02. The van der Waals surface area contributed by atoms with Crippen molar-refractivity contribution < 1.29 is 9.47 Å². The molecule has 0 amide bonds. The van der Waals surface area contributed by atoms with Gasteiger partial charge in [-0.05, 0) is 44.2 Å². The van der Waals surface area contributed by atoms with E-state index in [1.807, 2.05) is 38.1 Å². The summed E-state index contributed by atoms with van der Waals surface area (Å²) in [5.41, 5.74) is 1.64. The second kappa shape index (κ2) is 6.68. The summed E-state index contributed by atoms with van der Waals surface area (Å²) in [6.07, 6.45) is 0.150. The van der Waals surface area contributed by atoms with Crippen LogP contribution in [0.5, 0.6) is 5.75 Å². The van der Waals surface area contributed by atoms with Crippen molar-refractivity contribution in [3.63, 3.8) is 0 Å². The predicted molar refractivity (Wildman–Crippen MR) is 79.0 cm³/mol. The van der Waals surface area contributed by atoms with Crippen LogP contribution in [0.4, 0.5) is 0 Å². The maximum Gasteiger partial charge on any atom is 0.161 e. The molecule has 0 N–H and O–H groups in total. The fourth-order valence-electron chi connectivity index (χ4n) is 1.77. The summed E-state index contributed by atoms with van der Waals surface area (Å²) < 4.78 is 10.7. The summed E-state index contributed by atoms with van der Waals surface area (Å²) in [6.45, 7) is 4.39. The topological polar surface area (TPSA) is 44.2 Å². The van der Waals surface area contributed by atoms with Gasteiger partial charge in [-0.25, -0.2) is 9.97 Å². The van der Waals surface area contributed by atoms with Gasteiger partial charge >= 0.3 is 0 Å². The molecule has 0 bridgehead atoms. The number of aromatic nitrogens is 2. The van der Waals surface area contributed by atoms with Crippen LogP contribution in [0.1, 0.15) is 19.5 Å². The molecular weight excluding hydrogens is 276 g/mol. The third-order valence-corrected chi connectivity index (χ3v) is 2.72. The molecule has 0 fully saturated rings. The standard InChI is InChI=1S/C15H17ClN2O2/c1-10(2)20-13-6-4-11(5-7-13)15-17-12(9-19-3)8-14(16)18-15/h4-8,10H,9H2,1-3H3. The number of halogens is 1. The zero-order valence-electron chi connectivity index (χ0n) is 11.8. The first-order valence-electron chi connectivity index (χ1n) is 6.38. The molecule has 0 saturated heterocycles. The molecule has 0 unspecified atom stereocenters. The van der Waals surface area contributed by atoms with Crippen LogP contribution in [0.15, 0.2) is 30.3 Å². The van der Waals surface area contributed by atoms with E-state index in [4.69, 9.17) is 21.1 Å². The van der Waals surface area contributed by atoms with Gasteiger partial charge in [0.2, 0.25) is 0 Å². The third-order valence-electron chi connectivity index (χ3n) is 2.52. The van der Waals surface area contributed by atoms with Gasteiger partial charge in [0.15, 0.2) is 5.82 Å². The molecular formula is C15H17ClN2O2. The van der Waals surface area contributed by atoms with E-state index in [0.717, 1.165) is 17.0 Å². The molecule has 0 saturated carbocycles. The largest absolute Gasteiger partial charge is 0.491 e. The lowest BCUT2D eigenvalue weighted by molar-refractivity contribution is 0.181. The van der Waals surface area contributed by atoms with E-state index < -0.39 is 0 Å². The predicted octanol–water partition coefficient (Wildman–Crippen LogP) is 3.73. The number of rotatable bonds is 5. The van der Waals surface area contributed by atoms with Crippen molar-refractivity contribution in [3.8, 4) is 17.1 Å². The Bertz CT molecular complexity index is 571. The molecule has 4 nitrogen and oxygen atoms in total. The number of benzene rings is 1. The van der Waals surface area contributed by atoms with Crippen LogP contribution in [0.25, 0.3) is 11.4 Å². The molecule has 5 heteroatoms. The highest BCUT2D eigenvalue weighted by molar-refractivity contribution is 6.29. The van der Waals surface area contributed by atoms with Gasteiger partial charge in [0, 0.05) is 12.7 Å². The first-order valence-corrected chi connectivity index (χ1v) is 6.76. The van der Waals surface area contributed by atoms with E-state index in [-0.39, 0.29) is 6.10 Å². The highest BCUT2D eigenvalue weighted by atomic mass is 35.5. The van der Waals surface area contributed by atoms with Crippen molar-refractivity contribution in [2.24, 2.45) is 0 Å². The minimum Gasteiger partial charge on any atom is -0.491 e. The SMILES string of the molecule is COCc1cc(Cl)nc(-c2ccc(OC(C)C)cc2)n1. The van der Waals surface area contributed by atoms with E-state index in [0.29, 0.717) is 17.6 Å². The first-order chi connectivity index (χ1) is 9.58. The first kappa shape index (κ1) is 14.8. The van der Waals surface area contributed by atoms with Crippen molar-refractivity contribution in [2.75, 3.05) is 7.11 Å². The van der Waals surface area contributed by atoms with E-state index in [2.05, 4.69) is 9.97 Å². The Morgan fingerprint density at radius 1 is 1.15 bits per heavy atom. The monoisotopic (exact) mass is 292 g/mol. The lowest BCUT2D eigenvalue weighted by Gasteiger charge is -2.10. The molecule has 2 rings (SSSR count). The Morgan fingerprint density at radius 2 is 1.85 bits per heavy atom. The van der Waals surface area contributed by atoms with E-state index in [1.165, 1.54) is 0 Å². The van der Waals surface area contributed by atoms with Crippen LogP contribution in [0, 0.1) is 0 Å². The van der Waals surface area contributed by atoms with Crippen LogP contribution >= 0.6 is 11.6 Å². The highest BCUT2D eigenvalue weighted by Crippen LogP contribution is 2.22. The third kappa shape index (κ3) is 3.92. The summed E-state index contributed by atoms with van der Waals surface area (Å²) in [6, 6.07) is 9.33. The van der Waals surface area contributed by atoms with Crippen LogP contribution in [-0.4, -0.2) is 23.2 Å². The quantitative estimate of drug-likeness (QED) is 0.788. The Morgan fingerprint density at radius 3 is 2.45 bits per heavy atom. The molecule has 0 aliphatic carbocycles. The minimum atomic E-state index is 0.150. The van der Waals surface area contributed by atoms with Crippen LogP contribution in [0.3, 0.4) is 0 Å². The molecule has 0 aliphatic rings. The van der Waals surface area contributed by atoms with E-state index >= 15 is 0 Å². The number of nitrogens with zero attached hydrogens (tertiary/aromatic N) is 2. The fraction of sp³-hybridized carbons (Fsp3) is 0.333. The lowest BCUT2D eigenvalue weighted by atomic mass is 10.2. The zero-order valence-corrected chi connectivity index (χ0v) is 12.5. The molecule has 1 aromatic heterocycles. The summed E-state index contributed by atoms with van der Waals surface area (Å²) >= 11 is 6.00. The van der Waals surface area contributed by atoms with Crippen LogP contribution < -0.4 is 4.74 Å². The van der Waals surface area contributed by atoms with Crippen LogP contribution in [-0.2, 0) is 11.3 Å². The van der Waals surface area contributed by atoms with Gasteiger partial charge in [-0.2, -0.15) is 0 Å². The molecule has 1 heterocycles. The molecule has 2 aromatic rings. The summed E-state index contributed by atoms with van der Waals surface area (Å²) in [4.78, 5) is 8.66. The van der Waals surface area contributed by atoms with Crippen molar-refractivity contribution in [2.45, 2.75) is 26.6 Å². The van der Waals surface area contributed by atoms with Gasteiger partial charge in [0.05, 0.1) is 18.4 Å². The second-order valence-electron chi connectivity index (χ2n) is 4.63. The molecule has 1 aromatic carbocycles. The van der Waals surface area contributed by atoms with Gasteiger partial charge in [-0.15, -0.1) is 0 Å². The summed E-state index contributed by atoms with van der Waals surface area (Å²) in [7, 11) is 1.62. The highest BCUT2D eigenvalue weighted by Gasteiger charge is 2.07. The smallest absolute Gasteiger partial charge is 0.161 e. The fourth-order valence-corrected chi connectivity index (χ4v) is 1.98. The van der Waals surface area contributed by atoms with Crippen molar-refractivity contribution in [1.29, 1.82) is 0 Å². The normalized spacial score (nSPS) is 10.8. The Kier molecular flexibility index (Phi) is 4.93. The number of hydrogen-bond acceptors (Lipinski definition) is 4. The van der Waals surface area contributed by atoms with Crippen molar-refractivity contribution in [1.82, 2.24) is 9.97 Å². The molecule has 0 radical (unpaired) electrons. The average Bonchev–Trinajstić information content (AvgIpc) is 2.38. The van der Waals surface area contributed by atoms with Gasteiger partial charge in [0.1, 0.15) is 10.9 Å². The maximum atomic E-state index is 6.00. The number of methoxy groups -OCH3 is 1. The molecule has 0 atom stereocenters. The average molecular weight is 293 g/mol. The molecule has 20 heavy (non-hydrogen) atoms. The Balaban J connectivity index is 2.26. The Labute approximate surface area is 123 Å². The maximum absolute atomic E-state index is 6.00. The van der Waals surface area contributed by atoms with Gasteiger partial charge in [-0.1, -0.05) is 11.6 Å². The molecule has 0 aliphatic heterocycles. The summed E-state index contributed by atoms with van der Waals surface area (Å²) in [5.74, 6) is 1.41. The minimum absolute atomic E-state index is 0.150. The van der Waals surface area contributed by atoms with Crippen molar-refractivity contribution >= 4 is 11.6 Å². The zero-order chi connectivity index (χ0) is 14.5. The number of ether oxygens (including phenoxy) is 2. The van der Waals surface area contributed by atoms with Crippen LogP contribution in [0.2, 0.25) is 5.15 Å². The summed E-state index contributed by atoms with van der Waals surface area (Å²) in [5, 5.41) is 0.407. The molecule has 0 spiro atoms. The van der Waals surface area contributed by atoms with Gasteiger partial charge < -0.3 is 9.47 Å². The van der Waals surface area contributed by atoms with Crippen molar-refractivity contribution in [3.05, 3.63) is 41.2 Å². The lowest BCUT2D eigenvalue weighted by Crippen LogP contribution is -2.05. The Hall–Kier alpha value is -1.65. The number of hydrogen-bond donors (Lipinski definition) is 0. The van der Waals surface area contributed by atoms with Gasteiger partial charge in [0.25, 0.3) is 0 Å².